The number of aromatic amines is 2. The number of nitrogens with two attached hydrogens (primary N) is 2. The van der Waals surface area contributed by atoms with E-state index in [9.17, 15) is 31.0 Å². The Labute approximate surface area is 212 Å². The van der Waals surface area contributed by atoms with Crippen LogP contribution >= 0.6 is 31.5 Å². The number of pyridine rings is 2. The van der Waals surface area contributed by atoms with Crippen LogP contribution in [0.15, 0.2) is 55.8 Å². The summed E-state index contributed by atoms with van der Waals surface area (Å²) in [5, 5.41) is 10.0. The monoisotopic (exact) mass is 594 g/mol. The van der Waals surface area contributed by atoms with E-state index >= 15 is 0 Å². The second-order valence-electron chi connectivity index (χ2n) is 7.21. The Morgan fingerprint density at radius 1 is 0.694 bits per heavy atom. The SMILES string of the molecule is NS(=O)(=O)c1cc2cc(O[PH](=O)Oc3cc4cc(S(N)(=O)=O)c(Cl)cc4[nH]c3=O)c(=O)[nH]c2cc1Cl. The van der Waals surface area contributed by atoms with Gasteiger partial charge in [0.25, 0.3) is 11.1 Å². The lowest BCUT2D eigenvalue weighted by atomic mass is 10.2. The van der Waals surface area contributed by atoms with Crippen molar-refractivity contribution < 1.29 is 30.4 Å². The number of aromatic nitrogens is 2. The second-order valence-corrected chi connectivity index (χ2v) is 12.0. The number of fused-ring (bicyclic) bond motifs is 2. The van der Waals surface area contributed by atoms with Gasteiger partial charge in [-0.25, -0.2) is 31.7 Å². The summed E-state index contributed by atoms with van der Waals surface area (Å²) in [5.41, 5.74) is -1.44. The van der Waals surface area contributed by atoms with Crippen molar-refractivity contribution in [2.45, 2.75) is 9.79 Å². The van der Waals surface area contributed by atoms with Gasteiger partial charge in [-0.2, -0.15) is 0 Å². The number of nitrogens with one attached hydrogen (secondary N) is 2. The Kier molecular flexibility index (Phi) is 6.68. The van der Waals surface area contributed by atoms with Crippen molar-refractivity contribution in [3.63, 3.8) is 0 Å². The summed E-state index contributed by atoms with van der Waals surface area (Å²) in [6, 6.07) is 6.65. The zero-order valence-corrected chi connectivity index (χ0v) is 21.5. The van der Waals surface area contributed by atoms with Gasteiger partial charge in [0, 0.05) is 10.8 Å². The molecule has 13 nitrogen and oxygen atoms in total. The first kappa shape index (κ1) is 26.2. The van der Waals surface area contributed by atoms with Crippen molar-refractivity contribution in [3.05, 3.63) is 67.2 Å². The summed E-state index contributed by atoms with van der Waals surface area (Å²) < 4.78 is 69.4. The maximum absolute atomic E-state index is 12.5. The number of sulfonamides is 2. The predicted octanol–water partition coefficient (Wildman–Crippen LogP) is 1.82. The molecule has 0 aliphatic carbocycles. The second kappa shape index (κ2) is 9.19. The van der Waals surface area contributed by atoms with E-state index in [1.165, 1.54) is 0 Å². The summed E-state index contributed by atoms with van der Waals surface area (Å²) in [7, 11) is -12.0. The average Bonchev–Trinajstić information content (AvgIpc) is 2.73. The number of primary sulfonamides is 2. The van der Waals surface area contributed by atoms with E-state index in [2.05, 4.69) is 9.97 Å². The van der Waals surface area contributed by atoms with Crippen LogP contribution in [0.1, 0.15) is 0 Å². The molecule has 0 unspecified atom stereocenters. The van der Waals surface area contributed by atoms with Gasteiger partial charge in [-0.3, -0.25) is 9.59 Å². The summed E-state index contributed by atoms with van der Waals surface area (Å²) in [5.74, 6) is -1.04. The van der Waals surface area contributed by atoms with E-state index in [1.54, 1.807) is 0 Å². The molecule has 0 saturated heterocycles. The largest absolute Gasteiger partial charge is 0.419 e. The lowest BCUT2D eigenvalue weighted by molar-refractivity contribution is 0.411. The number of H-pyrrole nitrogens is 2. The summed E-state index contributed by atoms with van der Waals surface area (Å²) in [6.45, 7) is 0. The molecule has 4 rings (SSSR count). The minimum absolute atomic E-state index is 0.128. The molecule has 0 aliphatic heterocycles. The van der Waals surface area contributed by atoms with Crippen molar-refractivity contribution in [1.29, 1.82) is 0 Å². The maximum atomic E-state index is 12.5. The van der Waals surface area contributed by atoms with Gasteiger partial charge in [-0.1, -0.05) is 23.2 Å². The summed E-state index contributed by atoms with van der Waals surface area (Å²) >= 11 is 11.8. The molecule has 2 aromatic heterocycles. The van der Waals surface area contributed by atoms with Crippen LogP contribution in [0.3, 0.4) is 0 Å². The van der Waals surface area contributed by atoms with Crippen LogP contribution < -0.4 is 30.4 Å². The van der Waals surface area contributed by atoms with E-state index in [4.69, 9.17) is 42.5 Å². The molecule has 18 heteroatoms. The van der Waals surface area contributed by atoms with Crippen LogP contribution in [0, 0.1) is 0 Å². The van der Waals surface area contributed by atoms with E-state index in [0.29, 0.717) is 0 Å². The number of hydrogen-bond donors (Lipinski definition) is 4. The third-order valence-corrected chi connectivity index (χ3v) is 8.25. The molecular weight excluding hydrogens is 582 g/mol. The molecule has 0 spiro atoms. The van der Waals surface area contributed by atoms with Crippen LogP contribution in [0.2, 0.25) is 10.0 Å². The smallest absolute Gasteiger partial charge is 0.412 e. The first-order chi connectivity index (χ1) is 16.6. The highest BCUT2D eigenvalue weighted by molar-refractivity contribution is 7.89. The zero-order chi connectivity index (χ0) is 26.6. The van der Waals surface area contributed by atoms with Crippen molar-refractivity contribution >= 4 is 73.3 Å². The Bertz CT molecular complexity index is 1800. The Hall–Kier alpha value is -2.91. The van der Waals surface area contributed by atoms with E-state index in [0.717, 1.165) is 36.4 Å². The highest BCUT2D eigenvalue weighted by atomic mass is 35.5. The number of hydrogen-bond acceptors (Lipinski definition) is 9. The highest BCUT2D eigenvalue weighted by Gasteiger charge is 2.19. The first-order valence-corrected chi connectivity index (χ1v) is 14.4. The van der Waals surface area contributed by atoms with Crippen molar-refractivity contribution in [3.8, 4) is 11.5 Å². The Balaban J connectivity index is 1.68. The fourth-order valence-corrected chi connectivity index (χ4v) is 6.08. The molecule has 0 amide bonds. The average molecular weight is 595 g/mol. The van der Waals surface area contributed by atoms with Crippen LogP contribution in [0.4, 0.5) is 0 Å². The Morgan fingerprint density at radius 3 is 1.39 bits per heavy atom. The van der Waals surface area contributed by atoms with Gasteiger partial charge in [-0.15, -0.1) is 0 Å². The van der Waals surface area contributed by atoms with Crippen molar-refractivity contribution in [2.75, 3.05) is 0 Å². The van der Waals surface area contributed by atoms with E-state index in [1.807, 2.05) is 0 Å². The van der Waals surface area contributed by atoms with Crippen LogP contribution in [0.25, 0.3) is 21.8 Å². The molecule has 2 heterocycles. The number of benzene rings is 2. The summed E-state index contributed by atoms with van der Waals surface area (Å²) in [4.78, 5) is 28.6. The Morgan fingerprint density at radius 2 is 1.06 bits per heavy atom. The fraction of sp³-hybridized carbons (Fsp3) is 0. The standard InChI is InChI=1S/C18H13Cl2N4O9PS2/c19-9-5-11-7(3-15(9)35(21,28)29)1-13(17(25)23-11)32-34(27)33-14-2-8-4-16(36(22,30)31)10(20)6-12(8)24-18(14)26/h1-6,34H,(H,23,25)(H,24,26)(H2,21,28,29)(H2,22,30,31). The molecule has 4 aromatic rings. The highest BCUT2D eigenvalue weighted by Crippen LogP contribution is 2.32. The van der Waals surface area contributed by atoms with Crippen LogP contribution in [-0.4, -0.2) is 26.8 Å². The lowest BCUT2D eigenvalue weighted by Crippen LogP contribution is -2.14. The minimum atomic E-state index is -4.19. The van der Waals surface area contributed by atoms with Crippen molar-refractivity contribution in [1.82, 2.24) is 9.97 Å². The molecule has 0 aliphatic rings. The first-order valence-electron chi connectivity index (χ1n) is 9.32. The molecule has 0 fully saturated rings. The van der Waals surface area contributed by atoms with Gasteiger partial charge < -0.3 is 19.0 Å². The molecule has 0 bridgehead atoms. The van der Waals surface area contributed by atoms with Gasteiger partial charge in [-0.05, 0) is 36.4 Å². The summed E-state index contributed by atoms with van der Waals surface area (Å²) in [6.07, 6.45) is 0. The molecule has 2 aromatic carbocycles. The molecule has 190 valence electrons. The van der Waals surface area contributed by atoms with Gasteiger partial charge in [0.15, 0.2) is 11.5 Å². The third-order valence-electron chi connectivity index (χ3n) is 4.72. The maximum Gasteiger partial charge on any atom is 0.419 e. The quantitative estimate of drug-likeness (QED) is 0.238. The minimum Gasteiger partial charge on any atom is -0.412 e. The zero-order valence-electron chi connectivity index (χ0n) is 17.4. The molecule has 6 N–H and O–H groups in total. The number of halogens is 2. The molecule has 0 radical (unpaired) electrons. The normalized spacial score (nSPS) is 12.4. The van der Waals surface area contributed by atoms with Crippen LogP contribution in [-0.2, 0) is 24.6 Å². The predicted molar refractivity (Wildman–Crippen MR) is 132 cm³/mol. The van der Waals surface area contributed by atoms with Crippen LogP contribution in [0.5, 0.6) is 11.5 Å². The molecular formula is C18H13Cl2N4O9PS2. The fourth-order valence-electron chi connectivity index (χ4n) is 3.16. The van der Waals surface area contributed by atoms with Gasteiger partial charge in [0.2, 0.25) is 20.0 Å². The van der Waals surface area contributed by atoms with E-state index in [-0.39, 0.29) is 31.9 Å². The van der Waals surface area contributed by atoms with Gasteiger partial charge in [0.1, 0.15) is 9.79 Å². The topological polar surface area (TPSA) is 222 Å². The molecule has 0 saturated carbocycles. The van der Waals surface area contributed by atoms with Crippen molar-refractivity contribution in [2.24, 2.45) is 10.3 Å². The lowest BCUT2D eigenvalue weighted by Gasteiger charge is -2.10. The molecule has 36 heavy (non-hydrogen) atoms. The van der Waals surface area contributed by atoms with E-state index < -0.39 is 60.7 Å². The molecule has 0 atom stereocenters. The van der Waals surface area contributed by atoms with Gasteiger partial charge >= 0.3 is 8.25 Å². The third kappa shape index (κ3) is 5.27. The van der Waals surface area contributed by atoms with Gasteiger partial charge in [0.05, 0.1) is 21.1 Å². The number of rotatable bonds is 6.